The smallest absolute Gasteiger partial charge is 0.303 e. The molecule has 1 aliphatic rings. The maximum atomic E-state index is 14.2. The number of benzene rings is 1. The zero-order chi connectivity index (χ0) is 17.1. The number of nitrogens with zero attached hydrogens (tertiary/aromatic N) is 2. The van der Waals surface area contributed by atoms with Gasteiger partial charge >= 0.3 is 5.97 Å². The molecule has 3 rings (SSSR count). The maximum absolute atomic E-state index is 14.2. The summed E-state index contributed by atoms with van der Waals surface area (Å²) in [7, 11) is 0. The molecule has 1 atom stereocenters. The largest absolute Gasteiger partial charge is 0.481 e. The third kappa shape index (κ3) is 3.35. The summed E-state index contributed by atoms with van der Waals surface area (Å²) >= 11 is 1.50. The standard InChI is InChI=1S/C17H15FN2O3S/c18-12-5-2-1-4-11(12)14-10-13(15-6-3-9-24-15)19-20(14)16(21)7-8-17(22)23/h1-6,9,14H,7-8,10H2,(H,22,23). The van der Waals surface area contributed by atoms with Crippen LogP contribution >= 0.6 is 11.3 Å². The predicted octanol–water partition coefficient (Wildman–Crippen LogP) is 3.43. The molecule has 1 amide bonds. The van der Waals surface area contributed by atoms with Crippen LogP contribution in [-0.4, -0.2) is 27.7 Å². The lowest BCUT2D eigenvalue weighted by molar-refractivity contribution is -0.141. The van der Waals surface area contributed by atoms with Crippen molar-refractivity contribution in [3.63, 3.8) is 0 Å². The Morgan fingerprint density at radius 1 is 1.25 bits per heavy atom. The van der Waals surface area contributed by atoms with Gasteiger partial charge in [0.05, 0.1) is 23.1 Å². The minimum Gasteiger partial charge on any atom is -0.481 e. The lowest BCUT2D eigenvalue weighted by Gasteiger charge is -2.22. The highest BCUT2D eigenvalue weighted by Gasteiger charge is 2.34. The van der Waals surface area contributed by atoms with Crippen molar-refractivity contribution in [2.24, 2.45) is 5.10 Å². The van der Waals surface area contributed by atoms with Gasteiger partial charge in [0.15, 0.2) is 0 Å². The Labute approximate surface area is 142 Å². The van der Waals surface area contributed by atoms with Crippen LogP contribution in [0, 0.1) is 5.82 Å². The van der Waals surface area contributed by atoms with E-state index in [0.717, 1.165) is 4.88 Å². The van der Waals surface area contributed by atoms with Gasteiger partial charge in [-0.3, -0.25) is 9.59 Å². The first-order valence-corrected chi connectivity index (χ1v) is 8.34. The number of carbonyl (C=O) groups is 2. The molecular formula is C17H15FN2O3S. The van der Waals surface area contributed by atoms with E-state index in [1.165, 1.54) is 22.4 Å². The van der Waals surface area contributed by atoms with E-state index < -0.39 is 23.7 Å². The molecule has 1 aromatic heterocycles. The van der Waals surface area contributed by atoms with Crippen molar-refractivity contribution in [2.45, 2.75) is 25.3 Å². The number of rotatable bonds is 5. The first-order valence-electron chi connectivity index (χ1n) is 7.46. The number of hydrogen-bond donors (Lipinski definition) is 1. The topological polar surface area (TPSA) is 70.0 Å². The second-order valence-electron chi connectivity index (χ2n) is 5.40. The van der Waals surface area contributed by atoms with Gasteiger partial charge in [-0.25, -0.2) is 9.40 Å². The molecule has 1 aromatic carbocycles. The van der Waals surface area contributed by atoms with Crippen LogP contribution in [0.2, 0.25) is 0 Å². The number of carboxylic acids is 1. The van der Waals surface area contributed by atoms with Gasteiger partial charge in [0, 0.05) is 18.4 Å². The van der Waals surface area contributed by atoms with E-state index in [4.69, 9.17) is 5.11 Å². The zero-order valence-corrected chi connectivity index (χ0v) is 13.5. The Morgan fingerprint density at radius 3 is 2.71 bits per heavy atom. The van der Waals surface area contributed by atoms with Crippen molar-refractivity contribution in [2.75, 3.05) is 0 Å². The van der Waals surface area contributed by atoms with E-state index in [1.807, 2.05) is 17.5 Å². The second-order valence-corrected chi connectivity index (χ2v) is 6.35. The molecule has 2 heterocycles. The first-order chi connectivity index (χ1) is 11.6. The highest BCUT2D eigenvalue weighted by Crippen LogP contribution is 2.35. The maximum Gasteiger partial charge on any atom is 0.303 e. The second kappa shape index (κ2) is 6.92. The van der Waals surface area contributed by atoms with Crippen LogP contribution < -0.4 is 0 Å². The predicted molar refractivity (Wildman–Crippen MR) is 88.3 cm³/mol. The van der Waals surface area contributed by atoms with Gasteiger partial charge in [-0.05, 0) is 17.5 Å². The summed E-state index contributed by atoms with van der Waals surface area (Å²) in [5.41, 5.74) is 1.10. The van der Waals surface area contributed by atoms with E-state index in [2.05, 4.69) is 5.10 Å². The van der Waals surface area contributed by atoms with Gasteiger partial charge in [-0.15, -0.1) is 11.3 Å². The first kappa shape index (κ1) is 16.3. The Bertz CT molecular complexity index is 789. The highest BCUT2D eigenvalue weighted by molar-refractivity contribution is 7.12. The van der Waals surface area contributed by atoms with Crippen LogP contribution in [0.5, 0.6) is 0 Å². The summed E-state index contributed by atoms with van der Waals surface area (Å²) in [6.07, 6.45) is -0.0368. The number of carbonyl (C=O) groups excluding carboxylic acids is 1. The van der Waals surface area contributed by atoms with Gasteiger partial charge in [-0.1, -0.05) is 24.3 Å². The summed E-state index contributed by atoms with van der Waals surface area (Å²) in [5.74, 6) is -1.87. The summed E-state index contributed by atoms with van der Waals surface area (Å²) < 4.78 is 14.2. The molecule has 7 heteroatoms. The molecule has 124 valence electrons. The fourth-order valence-corrected chi connectivity index (χ4v) is 3.37. The van der Waals surface area contributed by atoms with Gasteiger partial charge < -0.3 is 5.11 Å². The van der Waals surface area contributed by atoms with Crippen molar-refractivity contribution in [3.05, 3.63) is 58.0 Å². The van der Waals surface area contributed by atoms with Crippen LogP contribution in [0.4, 0.5) is 4.39 Å². The van der Waals surface area contributed by atoms with E-state index in [9.17, 15) is 14.0 Å². The summed E-state index contributed by atoms with van der Waals surface area (Å²) in [6, 6.07) is 9.50. The molecular weight excluding hydrogens is 331 g/mol. The molecule has 5 nitrogen and oxygen atoms in total. The minimum absolute atomic E-state index is 0.165. The van der Waals surface area contributed by atoms with Crippen molar-refractivity contribution >= 4 is 28.9 Å². The molecule has 0 fully saturated rings. The molecule has 0 saturated heterocycles. The van der Waals surface area contributed by atoms with E-state index in [-0.39, 0.29) is 12.8 Å². The molecule has 0 radical (unpaired) electrons. The Morgan fingerprint density at radius 2 is 2.04 bits per heavy atom. The molecule has 1 N–H and O–H groups in total. The lowest BCUT2D eigenvalue weighted by atomic mass is 10.0. The number of hydrogen-bond acceptors (Lipinski definition) is 4. The van der Waals surface area contributed by atoms with Gasteiger partial charge in [-0.2, -0.15) is 5.10 Å². The van der Waals surface area contributed by atoms with Crippen LogP contribution in [-0.2, 0) is 9.59 Å². The van der Waals surface area contributed by atoms with Crippen LogP contribution in [0.15, 0.2) is 46.9 Å². The van der Waals surface area contributed by atoms with E-state index in [1.54, 1.807) is 18.2 Å². The van der Waals surface area contributed by atoms with Gasteiger partial charge in [0.2, 0.25) is 5.91 Å². The quantitative estimate of drug-likeness (QED) is 0.902. The average Bonchev–Trinajstić information content (AvgIpc) is 3.22. The lowest BCUT2D eigenvalue weighted by Crippen LogP contribution is -2.28. The number of thiophene rings is 1. The average molecular weight is 346 g/mol. The molecule has 0 bridgehead atoms. The van der Waals surface area contributed by atoms with E-state index >= 15 is 0 Å². The Kier molecular flexibility index (Phi) is 4.71. The summed E-state index contributed by atoms with van der Waals surface area (Å²) in [5, 5.41) is 16.3. The molecule has 0 spiro atoms. The number of hydrazone groups is 1. The third-order valence-electron chi connectivity index (χ3n) is 3.79. The summed E-state index contributed by atoms with van der Waals surface area (Å²) in [6.45, 7) is 0. The molecule has 24 heavy (non-hydrogen) atoms. The molecule has 2 aromatic rings. The SMILES string of the molecule is O=C(O)CCC(=O)N1N=C(c2cccs2)CC1c1ccccc1F. The van der Waals surface area contributed by atoms with Gasteiger partial charge in [0.25, 0.3) is 0 Å². The number of halogens is 1. The van der Waals surface area contributed by atoms with Gasteiger partial charge in [0.1, 0.15) is 5.82 Å². The molecule has 0 aliphatic carbocycles. The highest BCUT2D eigenvalue weighted by atomic mass is 32.1. The number of amides is 1. The van der Waals surface area contributed by atoms with Crippen molar-refractivity contribution in [1.29, 1.82) is 0 Å². The molecule has 0 saturated carbocycles. The van der Waals surface area contributed by atoms with Crippen LogP contribution in [0.1, 0.15) is 35.7 Å². The fourth-order valence-electron chi connectivity index (χ4n) is 2.65. The van der Waals surface area contributed by atoms with Crippen LogP contribution in [0.25, 0.3) is 0 Å². The third-order valence-corrected chi connectivity index (χ3v) is 4.71. The minimum atomic E-state index is -1.05. The monoisotopic (exact) mass is 346 g/mol. The molecule has 1 unspecified atom stereocenters. The number of aliphatic carboxylic acids is 1. The number of carboxylic acid groups (broad SMARTS) is 1. The molecule has 1 aliphatic heterocycles. The van der Waals surface area contributed by atoms with Crippen molar-refractivity contribution in [3.8, 4) is 0 Å². The summed E-state index contributed by atoms with van der Waals surface area (Å²) in [4.78, 5) is 24.0. The van der Waals surface area contributed by atoms with Crippen molar-refractivity contribution in [1.82, 2.24) is 5.01 Å². The normalized spacial score (nSPS) is 17.0. The Hall–Kier alpha value is -2.54. The fraction of sp³-hybridized carbons (Fsp3) is 0.235. The van der Waals surface area contributed by atoms with Crippen molar-refractivity contribution < 1.29 is 19.1 Å². The Balaban J connectivity index is 1.91. The van der Waals surface area contributed by atoms with E-state index in [0.29, 0.717) is 17.7 Å². The van der Waals surface area contributed by atoms with Crippen LogP contribution in [0.3, 0.4) is 0 Å². The zero-order valence-electron chi connectivity index (χ0n) is 12.7.